The van der Waals surface area contributed by atoms with Gasteiger partial charge in [0, 0.05) is 11.5 Å². The third-order valence-electron chi connectivity index (χ3n) is 9.30. The number of rotatable bonds is 18. The lowest BCUT2D eigenvalue weighted by atomic mass is 9.61. The number of fused-ring (bicyclic) bond motifs is 1. The third-order valence-corrected chi connectivity index (χ3v) is 10.8. The summed E-state index contributed by atoms with van der Waals surface area (Å²) in [6, 6.07) is 8.64. The van der Waals surface area contributed by atoms with E-state index in [1.165, 1.54) is 6.07 Å². The zero-order valence-corrected chi connectivity index (χ0v) is 31.2. The number of carbonyl (C=O) groups excluding carboxylic acids is 1. The maximum atomic E-state index is 12.8. The Hall–Kier alpha value is -3.41. The molecule has 0 bridgehead atoms. The van der Waals surface area contributed by atoms with Crippen molar-refractivity contribution in [3.8, 4) is 17.0 Å². The minimum Gasteiger partial charge on any atom is -0.478 e. The standard InChI is InChI=1S/C38H52F3NO7S/c1-35(2,3)26-36(4,5)37(6,7)34(44)48-24-16-14-12-10-8-9-11-13-15-23-47-31-22-19-28-25-30(33(43)49-32(28)42-31)27-17-20-29(21-18-27)50(45,46)38(39,40)41/h17-22,25H,8-16,23-24,26H2,1-7H3. The number of esters is 1. The first-order chi connectivity index (χ1) is 23.2. The molecule has 2 aromatic heterocycles. The molecular weight excluding hydrogens is 671 g/mol. The fourth-order valence-corrected chi connectivity index (χ4v) is 6.76. The van der Waals surface area contributed by atoms with E-state index in [4.69, 9.17) is 13.9 Å². The summed E-state index contributed by atoms with van der Waals surface area (Å²) in [7, 11) is -5.49. The summed E-state index contributed by atoms with van der Waals surface area (Å²) in [6.07, 6.45) is 10.3. The number of unbranched alkanes of at least 4 members (excludes halogenated alkanes) is 8. The van der Waals surface area contributed by atoms with Crippen molar-refractivity contribution in [1.29, 1.82) is 0 Å². The molecule has 0 aliphatic heterocycles. The molecule has 0 aliphatic carbocycles. The minimum atomic E-state index is -5.49. The molecule has 0 spiro atoms. The highest BCUT2D eigenvalue weighted by Gasteiger charge is 2.47. The molecule has 0 N–H and O–H groups in total. The molecule has 3 aromatic rings. The minimum absolute atomic E-state index is 0.0505. The second kappa shape index (κ2) is 16.7. The van der Waals surface area contributed by atoms with E-state index in [1.54, 1.807) is 12.1 Å². The van der Waals surface area contributed by atoms with Crippen LogP contribution in [0.25, 0.3) is 22.2 Å². The Morgan fingerprint density at radius 3 is 1.86 bits per heavy atom. The summed E-state index contributed by atoms with van der Waals surface area (Å²) in [5.41, 5.74) is -6.47. The van der Waals surface area contributed by atoms with Gasteiger partial charge in [-0.25, -0.2) is 13.2 Å². The van der Waals surface area contributed by atoms with E-state index in [-0.39, 0.29) is 33.6 Å². The predicted molar refractivity (Wildman–Crippen MR) is 189 cm³/mol. The first kappa shape index (κ1) is 41.0. The molecule has 278 valence electrons. The van der Waals surface area contributed by atoms with Gasteiger partial charge < -0.3 is 13.9 Å². The third kappa shape index (κ3) is 11.0. The predicted octanol–water partition coefficient (Wildman–Crippen LogP) is 10.1. The fourth-order valence-electron chi connectivity index (χ4n) is 6.00. The molecule has 0 saturated heterocycles. The zero-order chi connectivity index (χ0) is 37.4. The van der Waals surface area contributed by atoms with Crippen LogP contribution >= 0.6 is 0 Å². The van der Waals surface area contributed by atoms with Crippen LogP contribution < -0.4 is 10.4 Å². The maximum Gasteiger partial charge on any atom is 0.501 e. The Kier molecular flexibility index (Phi) is 13.7. The molecule has 0 saturated carbocycles. The Bertz CT molecular complexity index is 1740. The summed E-state index contributed by atoms with van der Waals surface area (Å²) in [5, 5.41) is 0.472. The van der Waals surface area contributed by atoms with E-state index >= 15 is 0 Å². The lowest BCUT2D eigenvalue weighted by Crippen LogP contribution is -2.43. The highest BCUT2D eigenvalue weighted by molar-refractivity contribution is 7.92. The number of carbonyl (C=O) groups is 1. The first-order valence-corrected chi connectivity index (χ1v) is 18.8. The lowest BCUT2D eigenvalue weighted by molar-refractivity contribution is -0.162. The summed E-state index contributed by atoms with van der Waals surface area (Å²) < 4.78 is 78.5. The Balaban J connectivity index is 1.32. The van der Waals surface area contributed by atoms with E-state index in [9.17, 15) is 31.2 Å². The second-order valence-corrected chi connectivity index (χ2v) is 17.3. The largest absolute Gasteiger partial charge is 0.501 e. The summed E-state index contributed by atoms with van der Waals surface area (Å²) in [5.74, 6) is 0.187. The van der Waals surface area contributed by atoms with Gasteiger partial charge in [-0.1, -0.05) is 91.7 Å². The van der Waals surface area contributed by atoms with Crippen molar-refractivity contribution in [2.75, 3.05) is 13.2 Å². The van der Waals surface area contributed by atoms with Gasteiger partial charge >= 0.3 is 17.1 Å². The van der Waals surface area contributed by atoms with E-state index in [0.29, 0.717) is 24.5 Å². The topological polar surface area (TPSA) is 113 Å². The molecule has 3 rings (SSSR count). The van der Waals surface area contributed by atoms with Gasteiger partial charge in [-0.2, -0.15) is 18.2 Å². The number of halogens is 3. The molecule has 0 aliphatic rings. The van der Waals surface area contributed by atoms with Crippen LogP contribution in [0.1, 0.15) is 113 Å². The van der Waals surface area contributed by atoms with Crippen molar-refractivity contribution in [3.05, 3.63) is 52.9 Å². The van der Waals surface area contributed by atoms with Gasteiger partial charge in [-0.3, -0.25) is 4.79 Å². The molecule has 12 heteroatoms. The van der Waals surface area contributed by atoms with Crippen LogP contribution in [-0.2, 0) is 19.4 Å². The van der Waals surface area contributed by atoms with Crippen molar-refractivity contribution in [2.45, 2.75) is 123 Å². The molecule has 0 unspecified atom stereocenters. The van der Waals surface area contributed by atoms with Crippen LogP contribution in [0.3, 0.4) is 0 Å². The van der Waals surface area contributed by atoms with Crippen molar-refractivity contribution in [1.82, 2.24) is 4.98 Å². The second-order valence-electron chi connectivity index (χ2n) is 15.4. The Morgan fingerprint density at radius 2 is 1.32 bits per heavy atom. The van der Waals surface area contributed by atoms with E-state index in [2.05, 4.69) is 39.6 Å². The normalized spacial score (nSPS) is 13.1. The highest BCUT2D eigenvalue weighted by atomic mass is 32.2. The van der Waals surface area contributed by atoms with Crippen molar-refractivity contribution < 1.29 is 40.3 Å². The summed E-state index contributed by atoms with van der Waals surface area (Å²) >= 11 is 0. The Morgan fingerprint density at radius 1 is 0.780 bits per heavy atom. The molecule has 0 amide bonds. The van der Waals surface area contributed by atoms with Crippen molar-refractivity contribution in [3.63, 3.8) is 0 Å². The summed E-state index contributed by atoms with van der Waals surface area (Å²) in [6.45, 7) is 15.8. The molecule has 0 radical (unpaired) electrons. The number of nitrogens with zero attached hydrogens (tertiary/aromatic N) is 1. The zero-order valence-electron chi connectivity index (χ0n) is 30.4. The average Bonchev–Trinajstić information content (AvgIpc) is 3.01. The van der Waals surface area contributed by atoms with Crippen LogP contribution in [0.2, 0.25) is 0 Å². The van der Waals surface area contributed by atoms with Gasteiger partial charge in [0.15, 0.2) is 0 Å². The van der Waals surface area contributed by atoms with Gasteiger partial charge in [0.05, 0.1) is 29.1 Å². The van der Waals surface area contributed by atoms with Gasteiger partial charge in [0.1, 0.15) is 0 Å². The maximum absolute atomic E-state index is 12.8. The summed E-state index contributed by atoms with van der Waals surface area (Å²) in [4.78, 5) is 28.8. The molecule has 1 aromatic carbocycles. The number of hydrogen-bond acceptors (Lipinski definition) is 8. The van der Waals surface area contributed by atoms with Crippen LogP contribution in [-0.4, -0.2) is 38.1 Å². The Labute approximate surface area is 294 Å². The van der Waals surface area contributed by atoms with Gasteiger partial charge in [-0.05, 0) is 73.8 Å². The number of alkyl halides is 3. The fraction of sp³-hybridized carbons (Fsp3) is 0.605. The lowest BCUT2D eigenvalue weighted by Gasteiger charge is -2.43. The van der Waals surface area contributed by atoms with E-state index in [1.807, 2.05) is 13.8 Å². The monoisotopic (exact) mass is 723 g/mol. The smallest absolute Gasteiger partial charge is 0.478 e. The average molecular weight is 724 g/mol. The van der Waals surface area contributed by atoms with Crippen LogP contribution in [0.15, 0.2) is 56.6 Å². The molecule has 2 heterocycles. The van der Waals surface area contributed by atoms with Crippen molar-refractivity contribution >= 4 is 26.9 Å². The number of hydrogen-bond donors (Lipinski definition) is 0. The molecule has 0 atom stereocenters. The van der Waals surface area contributed by atoms with Gasteiger partial charge in [0.25, 0.3) is 9.84 Å². The van der Waals surface area contributed by atoms with Crippen molar-refractivity contribution in [2.24, 2.45) is 16.2 Å². The number of sulfone groups is 1. The quantitative estimate of drug-likeness (QED) is 0.0942. The molecule has 50 heavy (non-hydrogen) atoms. The highest BCUT2D eigenvalue weighted by Crippen LogP contribution is 2.47. The number of aromatic nitrogens is 1. The molecule has 0 fully saturated rings. The molecular formula is C38H52F3NO7S. The van der Waals surface area contributed by atoms with E-state index < -0.39 is 31.3 Å². The first-order valence-electron chi connectivity index (χ1n) is 17.3. The van der Waals surface area contributed by atoms with Crippen LogP contribution in [0.5, 0.6) is 5.88 Å². The molecule has 8 nitrogen and oxygen atoms in total. The SMILES string of the molecule is CC(C)(C)CC(C)(C)C(C)(C)C(=O)OCCCCCCCCCCCOc1ccc2cc(-c3ccc(S(=O)(=O)C(F)(F)F)cc3)c(=O)oc2n1. The van der Waals surface area contributed by atoms with E-state index in [0.717, 1.165) is 88.5 Å². The number of ether oxygens (including phenoxy) is 2. The van der Waals surface area contributed by atoms with Gasteiger partial charge in [-0.15, -0.1) is 0 Å². The van der Waals surface area contributed by atoms with Crippen LogP contribution in [0.4, 0.5) is 13.2 Å². The van der Waals surface area contributed by atoms with Crippen LogP contribution in [0, 0.1) is 16.2 Å². The van der Waals surface area contributed by atoms with Gasteiger partial charge in [0.2, 0.25) is 11.6 Å². The number of pyridine rings is 1. The number of benzene rings is 1.